The molecule has 2 atom stereocenters. The van der Waals surface area contributed by atoms with Crippen molar-refractivity contribution in [2.75, 3.05) is 6.54 Å². The summed E-state index contributed by atoms with van der Waals surface area (Å²) in [4.78, 5) is 0. The third-order valence-electron chi connectivity index (χ3n) is 2.11. The van der Waals surface area contributed by atoms with Gasteiger partial charge in [-0.1, -0.05) is 27.2 Å². The molecule has 0 radical (unpaired) electrons. The second kappa shape index (κ2) is 7.34. The molecule has 13 heavy (non-hydrogen) atoms. The Bertz CT molecular complexity index is 113. The van der Waals surface area contributed by atoms with Gasteiger partial charge in [0.2, 0.25) is 0 Å². The Kier molecular flexibility index (Phi) is 7.29. The van der Waals surface area contributed by atoms with Crippen LogP contribution in [-0.4, -0.2) is 24.7 Å². The second-order valence-corrected chi connectivity index (χ2v) is 4.32. The first-order valence-electron chi connectivity index (χ1n) is 5.55. The minimum atomic E-state index is 0.569. The largest absolute Gasteiger partial charge is 0.313 e. The van der Waals surface area contributed by atoms with Gasteiger partial charge in [-0.05, 0) is 20.3 Å². The van der Waals surface area contributed by atoms with E-state index < -0.39 is 0 Å². The minimum absolute atomic E-state index is 0.569. The molecule has 2 N–H and O–H groups in total. The van der Waals surface area contributed by atoms with Crippen LogP contribution in [0.25, 0.3) is 0 Å². The molecule has 0 heterocycles. The van der Waals surface area contributed by atoms with E-state index in [0.717, 1.165) is 6.54 Å². The van der Waals surface area contributed by atoms with Gasteiger partial charge in [-0.2, -0.15) is 0 Å². The zero-order chi connectivity index (χ0) is 10.3. The van der Waals surface area contributed by atoms with E-state index in [0.29, 0.717) is 18.1 Å². The van der Waals surface area contributed by atoms with Gasteiger partial charge in [0.15, 0.2) is 0 Å². The van der Waals surface area contributed by atoms with Gasteiger partial charge in [-0.25, -0.2) is 0 Å². The van der Waals surface area contributed by atoms with Crippen molar-refractivity contribution in [1.82, 2.24) is 10.6 Å². The maximum absolute atomic E-state index is 3.53. The Balaban J connectivity index is 3.40. The first-order chi connectivity index (χ1) is 6.06. The summed E-state index contributed by atoms with van der Waals surface area (Å²) in [7, 11) is 0. The lowest BCUT2D eigenvalue weighted by Gasteiger charge is -2.20. The summed E-state index contributed by atoms with van der Waals surface area (Å²) in [6.45, 7) is 12.2. The lowest BCUT2D eigenvalue weighted by molar-refractivity contribution is 0.422. The predicted molar refractivity (Wildman–Crippen MR) is 60.1 cm³/mol. The van der Waals surface area contributed by atoms with Gasteiger partial charge in [0, 0.05) is 24.7 Å². The Morgan fingerprint density at radius 1 is 1.00 bits per heavy atom. The third kappa shape index (κ3) is 8.26. The van der Waals surface area contributed by atoms with Gasteiger partial charge in [0.1, 0.15) is 0 Å². The SMILES string of the molecule is CCCC(C)NCC(C)NC(C)C. The normalized spacial score (nSPS) is 16.2. The van der Waals surface area contributed by atoms with E-state index in [1.165, 1.54) is 12.8 Å². The Morgan fingerprint density at radius 3 is 2.08 bits per heavy atom. The Hall–Kier alpha value is -0.0800. The van der Waals surface area contributed by atoms with Crippen LogP contribution in [0.4, 0.5) is 0 Å². The summed E-state index contributed by atoms with van der Waals surface area (Å²) in [5.74, 6) is 0. The molecule has 0 aliphatic rings. The van der Waals surface area contributed by atoms with Crippen molar-refractivity contribution in [3.63, 3.8) is 0 Å². The van der Waals surface area contributed by atoms with Crippen LogP contribution in [0.3, 0.4) is 0 Å². The van der Waals surface area contributed by atoms with Gasteiger partial charge < -0.3 is 10.6 Å². The standard InChI is InChI=1S/C11H26N2/c1-6-7-10(4)12-8-11(5)13-9(2)3/h9-13H,6-8H2,1-5H3. The smallest absolute Gasteiger partial charge is 0.0166 e. The number of rotatable bonds is 7. The summed E-state index contributed by atoms with van der Waals surface area (Å²) in [5.41, 5.74) is 0. The lowest BCUT2D eigenvalue weighted by Crippen LogP contribution is -2.42. The molecule has 0 aliphatic carbocycles. The molecule has 2 nitrogen and oxygen atoms in total. The van der Waals surface area contributed by atoms with Crippen molar-refractivity contribution in [1.29, 1.82) is 0 Å². The average molecular weight is 186 g/mol. The molecule has 80 valence electrons. The highest BCUT2D eigenvalue weighted by molar-refractivity contribution is 4.69. The van der Waals surface area contributed by atoms with E-state index in [1.807, 2.05) is 0 Å². The van der Waals surface area contributed by atoms with Crippen molar-refractivity contribution in [2.45, 2.75) is 65.6 Å². The van der Waals surface area contributed by atoms with Gasteiger partial charge in [-0.3, -0.25) is 0 Å². The zero-order valence-electron chi connectivity index (χ0n) is 9.85. The Morgan fingerprint density at radius 2 is 1.62 bits per heavy atom. The maximum Gasteiger partial charge on any atom is 0.0166 e. The van der Waals surface area contributed by atoms with E-state index >= 15 is 0 Å². The second-order valence-electron chi connectivity index (χ2n) is 4.32. The highest BCUT2D eigenvalue weighted by atomic mass is 15.0. The molecule has 0 bridgehead atoms. The summed E-state index contributed by atoms with van der Waals surface area (Å²) in [5, 5.41) is 7.00. The summed E-state index contributed by atoms with van der Waals surface area (Å²) in [6, 6.07) is 1.80. The van der Waals surface area contributed by atoms with E-state index in [2.05, 4.69) is 45.3 Å². The molecule has 0 rings (SSSR count). The van der Waals surface area contributed by atoms with Crippen molar-refractivity contribution in [3.8, 4) is 0 Å². The van der Waals surface area contributed by atoms with Crippen molar-refractivity contribution in [2.24, 2.45) is 0 Å². The van der Waals surface area contributed by atoms with Gasteiger partial charge >= 0.3 is 0 Å². The van der Waals surface area contributed by atoms with Crippen LogP contribution >= 0.6 is 0 Å². The predicted octanol–water partition coefficient (Wildman–Crippen LogP) is 2.15. The number of hydrogen-bond acceptors (Lipinski definition) is 2. The lowest BCUT2D eigenvalue weighted by atomic mass is 10.2. The Labute approximate surface area is 83.5 Å². The van der Waals surface area contributed by atoms with Crippen molar-refractivity contribution >= 4 is 0 Å². The molecule has 0 aromatic carbocycles. The van der Waals surface area contributed by atoms with Crippen LogP contribution < -0.4 is 10.6 Å². The van der Waals surface area contributed by atoms with Gasteiger partial charge in [0.05, 0.1) is 0 Å². The van der Waals surface area contributed by atoms with E-state index in [4.69, 9.17) is 0 Å². The molecule has 0 amide bonds. The zero-order valence-corrected chi connectivity index (χ0v) is 9.85. The van der Waals surface area contributed by atoms with Gasteiger partial charge in [0.25, 0.3) is 0 Å². The molecule has 0 fully saturated rings. The molecule has 0 saturated carbocycles. The highest BCUT2D eigenvalue weighted by Crippen LogP contribution is 1.94. The minimum Gasteiger partial charge on any atom is -0.313 e. The first kappa shape index (κ1) is 12.9. The fourth-order valence-corrected chi connectivity index (χ4v) is 1.54. The monoisotopic (exact) mass is 186 g/mol. The molecule has 0 aromatic heterocycles. The molecular weight excluding hydrogens is 160 g/mol. The number of hydrogen-bond donors (Lipinski definition) is 2. The van der Waals surface area contributed by atoms with Crippen molar-refractivity contribution < 1.29 is 0 Å². The highest BCUT2D eigenvalue weighted by Gasteiger charge is 2.05. The average Bonchev–Trinajstić information content (AvgIpc) is 2.00. The fraction of sp³-hybridized carbons (Fsp3) is 1.00. The summed E-state index contributed by atoms with van der Waals surface area (Å²) in [6.07, 6.45) is 2.54. The van der Waals surface area contributed by atoms with Crippen LogP contribution in [0, 0.1) is 0 Å². The summed E-state index contributed by atoms with van der Waals surface area (Å²) < 4.78 is 0. The molecule has 0 aliphatic heterocycles. The van der Waals surface area contributed by atoms with Crippen LogP contribution in [-0.2, 0) is 0 Å². The molecule has 2 unspecified atom stereocenters. The molecule has 0 spiro atoms. The topological polar surface area (TPSA) is 24.1 Å². The van der Waals surface area contributed by atoms with Gasteiger partial charge in [-0.15, -0.1) is 0 Å². The van der Waals surface area contributed by atoms with Crippen molar-refractivity contribution in [3.05, 3.63) is 0 Å². The molecular formula is C11H26N2. The van der Waals surface area contributed by atoms with Crippen LogP contribution in [0.15, 0.2) is 0 Å². The fourth-order valence-electron chi connectivity index (χ4n) is 1.54. The van der Waals surface area contributed by atoms with Crippen LogP contribution in [0.5, 0.6) is 0 Å². The molecule has 0 saturated heterocycles. The maximum atomic E-state index is 3.53. The first-order valence-corrected chi connectivity index (χ1v) is 5.55. The van der Waals surface area contributed by atoms with Crippen LogP contribution in [0.1, 0.15) is 47.5 Å². The van der Waals surface area contributed by atoms with E-state index in [1.54, 1.807) is 0 Å². The quantitative estimate of drug-likeness (QED) is 0.636. The number of nitrogens with one attached hydrogen (secondary N) is 2. The van der Waals surface area contributed by atoms with E-state index in [-0.39, 0.29) is 0 Å². The van der Waals surface area contributed by atoms with E-state index in [9.17, 15) is 0 Å². The molecule has 2 heteroatoms. The third-order valence-corrected chi connectivity index (χ3v) is 2.11. The molecule has 0 aromatic rings. The summed E-state index contributed by atoms with van der Waals surface area (Å²) >= 11 is 0. The van der Waals surface area contributed by atoms with Crippen LogP contribution in [0.2, 0.25) is 0 Å².